The highest BCUT2D eigenvalue weighted by molar-refractivity contribution is 6.34. The number of hydrogen-bond donors (Lipinski definition) is 2. The summed E-state index contributed by atoms with van der Waals surface area (Å²) < 4.78 is 5.15. The van der Waals surface area contributed by atoms with E-state index in [1.165, 1.54) is 0 Å². The van der Waals surface area contributed by atoms with Crippen LogP contribution in [0.1, 0.15) is 16.7 Å². The lowest BCUT2D eigenvalue weighted by Crippen LogP contribution is -2.28. The van der Waals surface area contributed by atoms with E-state index in [4.69, 9.17) is 16.3 Å². The van der Waals surface area contributed by atoms with Crippen LogP contribution in [0.5, 0.6) is 5.75 Å². The molecule has 0 aliphatic carbocycles. The summed E-state index contributed by atoms with van der Waals surface area (Å²) >= 11 is 6.18. The second-order valence-electron chi connectivity index (χ2n) is 5.10. The molecule has 0 heterocycles. The predicted molar refractivity (Wildman–Crippen MR) is 89.8 cm³/mol. The van der Waals surface area contributed by atoms with E-state index in [1.54, 1.807) is 7.11 Å². The van der Waals surface area contributed by atoms with Crippen LogP contribution in [0, 0.1) is 13.8 Å². The number of nitrogens with one attached hydrogen (secondary N) is 2. The Morgan fingerprint density at radius 3 is 2.68 bits per heavy atom. The van der Waals surface area contributed by atoms with Gasteiger partial charge < -0.3 is 15.4 Å². The Kier molecular flexibility index (Phi) is 5.28. The number of anilines is 1. The van der Waals surface area contributed by atoms with Gasteiger partial charge in [0.05, 0.1) is 17.8 Å². The highest BCUT2D eigenvalue weighted by atomic mass is 35.5. The Hall–Kier alpha value is -2.20. The third kappa shape index (κ3) is 4.15. The number of aryl methyl sites for hydroxylation is 2. The molecule has 4 nitrogen and oxygen atoms in total. The molecule has 0 saturated heterocycles. The van der Waals surface area contributed by atoms with Crippen LogP contribution in [0.15, 0.2) is 36.4 Å². The molecule has 0 aliphatic heterocycles. The molecule has 2 amide bonds. The van der Waals surface area contributed by atoms with Crippen molar-refractivity contribution < 1.29 is 9.53 Å². The van der Waals surface area contributed by atoms with Crippen LogP contribution in [0.2, 0.25) is 5.02 Å². The molecule has 0 saturated carbocycles. The van der Waals surface area contributed by atoms with E-state index in [2.05, 4.69) is 10.6 Å². The summed E-state index contributed by atoms with van der Waals surface area (Å²) in [6.07, 6.45) is 0. The zero-order valence-corrected chi connectivity index (χ0v) is 13.6. The number of ether oxygens (including phenoxy) is 1. The van der Waals surface area contributed by atoms with Crippen LogP contribution in [0.4, 0.5) is 10.5 Å². The maximum absolute atomic E-state index is 12.0. The summed E-state index contributed by atoms with van der Waals surface area (Å²) in [6.45, 7) is 4.29. The minimum absolute atomic E-state index is 0.295. The van der Waals surface area contributed by atoms with Gasteiger partial charge in [-0.15, -0.1) is 0 Å². The zero-order valence-electron chi connectivity index (χ0n) is 12.9. The van der Waals surface area contributed by atoms with Crippen molar-refractivity contribution in [3.63, 3.8) is 0 Å². The van der Waals surface area contributed by atoms with Gasteiger partial charge in [0.25, 0.3) is 0 Å². The summed E-state index contributed by atoms with van der Waals surface area (Å²) in [6, 6.07) is 11.1. The second-order valence-corrected chi connectivity index (χ2v) is 5.51. The van der Waals surface area contributed by atoms with Crippen LogP contribution in [0.3, 0.4) is 0 Å². The number of amides is 2. The summed E-state index contributed by atoms with van der Waals surface area (Å²) in [5, 5.41) is 6.13. The first-order valence-corrected chi connectivity index (χ1v) is 7.32. The smallest absolute Gasteiger partial charge is 0.319 e. The fourth-order valence-corrected chi connectivity index (χ4v) is 2.56. The Morgan fingerprint density at radius 2 is 2.00 bits per heavy atom. The van der Waals surface area contributed by atoms with E-state index in [0.29, 0.717) is 17.3 Å². The second kappa shape index (κ2) is 7.18. The highest BCUT2D eigenvalue weighted by Gasteiger charge is 2.09. The number of carbonyl (C=O) groups is 1. The van der Waals surface area contributed by atoms with Crippen molar-refractivity contribution in [1.82, 2.24) is 5.32 Å². The molecule has 22 heavy (non-hydrogen) atoms. The molecule has 0 radical (unpaired) electrons. The molecule has 116 valence electrons. The number of carbonyl (C=O) groups excluding carboxylic acids is 1. The van der Waals surface area contributed by atoms with Gasteiger partial charge in [0.2, 0.25) is 0 Å². The minimum Gasteiger partial charge on any atom is -0.497 e. The van der Waals surface area contributed by atoms with Crippen molar-refractivity contribution in [1.29, 1.82) is 0 Å². The molecule has 0 atom stereocenters. The van der Waals surface area contributed by atoms with Gasteiger partial charge in [0, 0.05) is 6.54 Å². The highest BCUT2D eigenvalue weighted by Crippen LogP contribution is 2.27. The minimum atomic E-state index is -0.295. The van der Waals surface area contributed by atoms with Crippen molar-refractivity contribution in [2.75, 3.05) is 12.4 Å². The van der Waals surface area contributed by atoms with Crippen molar-refractivity contribution in [3.8, 4) is 5.75 Å². The zero-order chi connectivity index (χ0) is 16.1. The van der Waals surface area contributed by atoms with Crippen LogP contribution < -0.4 is 15.4 Å². The molecule has 2 N–H and O–H groups in total. The molecule has 2 aromatic carbocycles. The van der Waals surface area contributed by atoms with Crippen LogP contribution >= 0.6 is 11.6 Å². The van der Waals surface area contributed by atoms with E-state index in [9.17, 15) is 4.79 Å². The van der Waals surface area contributed by atoms with E-state index < -0.39 is 0 Å². The lowest BCUT2D eigenvalue weighted by Gasteiger charge is -2.12. The number of urea groups is 1. The van der Waals surface area contributed by atoms with E-state index in [-0.39, 0.29) is 6.03 Å². The molecule has 2 aromatic rings. The molecular formula is C17H19ClN2O2. The Morgan fingerprint density at radius 1 is 1.23 bits per heavy atom. The SMILES string of the molecule is COc1cccc(CNC(=O)Nc2c(C)cc(C)cc2Cl)c1. The van der Waals surface area contributed by atoms with E-state index >= 15 is 0 Å². The number of hydrogen-bond acceptors (Lipinski definition) is 2. The van der Waals surface area contributed by atoms with E-state index in [1.807, 2.05) is 50.2 Å². The first-order chi connectivity index (χ1) is 10.5. The third-order valence-electron chi connectivity index (χ3n) is 3.26. The molecule has 0 spiro atoms. The summed E-state index contributed by atoms with van der Waals surface area (Å²) in [5.41, 5.74) is 3.59. The Labute approximate surface area is 135 Å². The van der Waals surface area contributed by atoms with Crippen molar-refractivity contribution in [2.45, 2.75) is 20.4 Å². The monoisotopic (exact) mass is 318 g/mol. The average molecular weight is 319 g/mol. The van der Waals surface area contributed by atoms with Gasteiger partial charge in [-0.1, -0.05) is 29.8 Å². The number of methoxy groups -OCH3 is 1. The number of halogens is 1. The predicted octanol–water partition coefficient (Wildman–Crippen LogP) is 4.29. The van der Waals surface area contributed by atoms with Crippen LogP contribution in [-0.4, -0.2) is 13.1 Å². The fourth-order valence-electron chi connectivity index (χ4n) is 2.20. The summed E-state index contributed by atoms with van der Waals surface area (Å²) in [7, 11) is 1.61. The Bertz CT molecular complexity index is 663. The van der Waals surface area contributed by atoms with Crippen LogP contribution in [-0.2, 0) is 6.54 Å². The molecule has 2 rings (SSSR count). The first kappa shape index (κ1) is 16.2. The lowest BCUT2D eigenvalue weighted by molar-refractivity contribution is 0.251. The standard InChI is InChI=1S/C17H19ClN2O2/c1-11-7-12(2)16(15(18)8-11)20-17(21)19-10-13-5-4-6-14(9-13)22-3/h4-9H,10H2,1-3H3,(H2,19,20,21). The van der Waals surface area contributed by atoms with Crippen molar-refractivity contribution in [2.24, 2.45) is 0 Å². The maximum Gasteiger partial charge on any atom is 0.319 e. The first-order valence-electron chi connectivity index (χ1n) is 6.94. The molecular weight excluding hydrogens is 300 g/mol. The largest absolute Gasteiger partial charge is 0.497 e. The van der Waals surface area contributed by atoms with Gasteiger partial charge in [0.15, 0.2) is 0 Å². The molecule has 0 unspecified atom stereocenters. The normalized spacial score (nSPS) is 10.2. The van der Waals surface area contributed by atoms with Crippen LogP contribution in [0.25, 0.3) is 0 Å². The maximum atomic E-state index is 12.0. The average Bonchev–Trinajstić information content (AvgIpc) is 2.49. The van der Waals surface area contributed by atoms with E-state index in [0.717, 1.165) is 22.4 Å². The third-order valence-corrected chi connectivity index (χ3v) is 3.56. The number of rotatable bonds is 4. The molecule has 5 heteroatoms. The van der Waals surface area contributed by atoms with Gasteiger partial charge in [-0.25, -0.2) is 4.79 Å². The van der Waals surface area contributed by atoms with Gasteiger partial charge in [0.1, 0.15) is 5.75 Å². The van der Waals surface area contributed by atoms with Crippen molar-refractivity contribution >= 4 is 23.3 Å². The quantitative estimate of drug-likeness (QED) is 0.883. The number of benzene rings is 2. The van der Waals surface area contributed by atoms with Gasteiger partial charge >= 0.3 is 6.03 Å². The fraction of sp³-hybridized carbons (Fsp3) is 0.235. The van der Waals surface area contributed by atoms with Gasteiger partial charge in [-0.3, -0.25) is 0 Å². The lowest BCUT2D eigenvalue weighted by atomic mass is 10.1. The van der Waals surface area contributed by atoms with Gasteiger partial charge in [-0.2, -0.15) is 0 Å². The van der Waals surface area contributed by atoms with Gasteiger partial charge in [-0.05, 0) is 48.7 Å². The molecule has 0 fully saturated rings. The molecule has 0 aromatic heterocycles. The van der Waals surface area contributed by atoms with Crippen molar-refractivity contribution in [3.05, 3.63) is 58.1 Å². The molecule has 0 bridgehead atoms. The summed E-state index contributed by atoms with van der Waals surface area (Å²) in [5.74, 6) is 0.761. The summed E-state index contributed by atoms with van der Waals surface area (Å²) in [4.78, 5) is 12.0. The molecule has 0 aliphatic rings. The topological polar surface area (TPSA) is 50.4 Å². The Balaban J connectivity index is 1.99.